The van der Waals surface area contributed by atoms with Crippen LogP contribution in [0, 0.1) is 0 Å². The van der Waals surface area contributed by atoms with Crippen molar-refractivity contribution in [2.45, 2.75) is 25.8 Å². The number of hydrogen-bond donors (Lipinski definition) is 2. The van der Waals surface area contributed by atoms with Crippen molar-refractivity contribution in [3.8, 4) is 0 Å². The van der Waals surface area contributed by atoms with Crippen molar-refractivity contribution in [3.63, 3.8) is 0 Å². The minimum absolute atomic E-state index is 0.0420. The van der Waals surface area contributed by atoms with E-state index in [2.05, 4.69) is 27.7 Å². The van der Waals surface area contributed by atoms with E-state index in [9.17, 15) is 4.79 Å². The summed E-state index contributed by atoms with van der Waals surface area (Å²) in [6, 6.07) is 15.7. The number of carbonyl (C=O) groups excluding carboxylic acids is 1. The monoisotopic (exact) mass is 357 g/mol. The zero-order valence-corrected chi connectivity index (χ0v) is 15.1. The molecule has 2 aromatic rings. The fraction of sp³-hybridized carbons (Fsp3) is 0.350. The van der Waals surface area contributed by atoms with Crippen molar-refractivity contribution < 1.29 is 4.79 Å². The molecule has 4 nitrogen and oxygen atoms in total. The van der Waals surface area contributed by atoms with Gasteiger partial charge in [0.15, 0.2) is 0 Å². The van der Waals surface area contributed by atoms with Crippen molar-refractivity contribution in [1.82, 2.24) is 5.32 Å². The first-order valence-electron chi connectivity index (χ1n) is 8.81. The lowest BCUT2D eigenvalue weighted by molar-refractivity contribution is -0.115. The van der Waals surface area contributed by atoms with E-state index in [1.165, 1.54) is 24.9 Å². The van der Waals surface area contributed by atoms with Crippen molar-refractivity contribution >= 4 is 28.9 Å². The molecule has 0 unspecified atom stereocenters. The third kappa shape index (κ3) is 5.48. The van der Waals surface area contributed by atoms with E-state index in [4.69, 9.17) is 11.6 Å². The summed E-state index contributed by atoms with van der Waals surface area (Å²) < 4.78 is 0. The van der Waals surface area contributed by atoms with Crippen molar-refractivity contribution in [2.75, 3.05) is 29.9 Å². The maximum atomic E-state index is 12.0. The number of piperidine rings is 1. The molecule has 0 aromatic heterocycles. The molecule has 0 radical (unpaired) electrons. The predicted molar refractivity (Wildman–Crippen MR) is 104 cm³/mol. The molecule has 0 spiro atoms. The van der Waals surface area contributed by atoms with Crippen LogP contribution in [0.5, 0.6) is 0 Å². The first-order chi connectivity index (χ1) is 12.2. The standard InChI is InChI=1S/C20H24ClN3O/c21-17-6-4-16(5-7-17)14-22-15-20(25)23-18-8-10-19(11-9-18)24-12-2-1-3-13-24/h4-11,22H,1-3,12-15H2,(H,23,25). The second-order valence-corrected chi connectivity index (χ2v) is 6.81. The van der Waals surface area contributed by atoms with Crippen LogP contribution >= 0.6 is 11.6 Å². The second-order valence-electron chi connectivity index (χ2n) is 6.37. The first-order valence-corrected chi connectivity index (χ1v) is 9.18. The number of hydrogen-bond acceptors (Lipinski definition) is 3. The van der Waals surface area contributed by atoms with Gasteiger partial charge in [-0.05, 0) is 61.2 Å². The highest BCUT2D eigenvalue weighted by Gasteiger charge is 2.10. The average Bonchev–Trinajstić information content (AvgIpc) is 2.65. The van der Waals surface area contributed by atoms with Crippen LogP contribution in [-0.2, 0) is 11.3 Å². The van der Waals surface area contributed by atoms with Gasteiger partial charge in [0.25, 0.3) is 0 Å². The summed E-state index contributed by atoms with van der Waals surface area (Å²) in [6.45, 7) is 3.16. The zero-order chi connectivity index (χ0) is 17.5. The molecular formula is C20H24ClN3O. The molecule has 0 aliphatic carbocycles. The number of halogens is 1. The Kier molecular flexibility index (Phi) is 6.31. The SMILES string of the molecule is O=C(CNCc1ccc(Cl)cc1)Nc1ccc(N2CCCCC2)cc1. The fourth-order valence-corrected chi connectivity index (χ4v) is 3.16. The van der Waals surface area contributed by atoms with Gasteiger partial charge in [0.05, 0.1) is 6.54 Å². The van der Waals surface area contributed by atoms with Crippen LogP contribution in [-0.4, -0.2) is 25.5 Å². The Bertz CT molecular complexity index is 679. The number of nitrogens with zero attached hydrogens (tertiary/aromatic N) is 1. The Balaban J connectivity index is 1.43. The Morgan fingerprint density at radius 3 is 2.32 bits per heavy atom. The topological polar surface area (TPSA) is 44.4 Å². The normalized spacial score (nSPS) is 14.4. The van der Waals surface area contributed by atoms with Gasteiger partial charge in [0.2, 0.25) is 5.91 Å². The summed E-state index contributed by atoms with van der Waals surface area (Å²) >= 11 is 5.86. The maximum Gasteiger partial charge on any atom is 0.238 e. The Morgan fingerprint density at radius 1 is 0.960 bits per heavy atom. The van der Waals surface area contributed by atoms with Crippen LogP contribution in [0.4, 0.5) is 11.4 Å². The van der Waals surface area contributed by atoms with Gasteiger partial charge in [-0.25, -0.2) is 0 Å². The largest absolute Gasteiger partial charge is 0.372 e. The van der Waals surface area contributed by atoms with Crippen molar-refractivity contribution in [1.29, 1.82) is 0 Å². The predicted octanol–water partition coefficient (Wildman–Crippen LogP) is 4.06. The van der Waals surface area contributed by atoms with Crippen LogP contribution in [0.1, 0.15) is 24.8 Å². The Hall–Kier alpha value is -2.04. The lowest BCUT2D eigenvalue weighted by Crippen LogP contribution is -2.29. The molecule has 1 saturated heterocycles. The summed E-state index contributed by atoms with van der Waals surface area (Å²) in [7, 11) is 0. The number of benzene rings is 2. The minimum atomic E-state index is -0.0420. The molecule has 3 rings (SSSR count). The molecule has 2 aromatic carbocycles. The molecule has 132 valence electrons. The fourth-order valence-electron chi connectivity index (χ4n) is 3.04. The van der Waals surface area contributed by atoms with Crippen LogP contribution < -0.4 is 15.5 Å². The van der Waals surface area contributed by atoms with Gasteiger partial charge in [-0.2, -0.15) is 0 Å². The lowest BCUT2D eigenvalue weighted by Gasteiger charge is -2.28. The van der Waals surface area contributed by atoms with E-state index in [1.54, 1.807) is 0 Å². The van der Waals surface area contributed by atoms with Gasteiger partial charge in [-0.15, -0.1) is 0 Å². The van der Waals surface area contributed by atoms with Gasteiger partial charge in [0.1, 0.15) is 0 Å². The third-order valence-corrected chi connectivity index (χ3v) is 4.65. The number of carbonyl (C=O) groups is 1. The van der Waals surface area contributed by atoms with Gasteiger partial charge in [0, 0.05) is 36.0 Å². The van der Waals surface area contributed by atoms with Gasteiger partial charge < -0.3 is 15.5 Å². The molecule has 1 fully saturated rings. The molecule has 25 heavy (non-hydrogen) atoms. The first kappa shape index (κ1) is 17.8. The zero-order valence-electron chi connectivity index (χ0n) is 14.3. The van der Waals surface area contributed by atoms with Crippen LogP contribution in [0.15, 0.2) is 48.5 Å². The molecule has 1 amide bonds. The Labute approximate surface area is 154 Å². The molecule has 5 heteroatoms. The van der Waals surface area contributed by atoms with E-state index in [0.717, 1.165) is 29.4 Å². The summed E-state index contributed by atoms with van der Waals surface area (Å²) in [5.74, 6) is -0.0420. The highest BCUT2D eigenvalue weighted by atomic mass is 35.5. The quantitative estimate of drug-likeness (QED) is 0.819. The molecule has 2 N–H and O–H groups in total. The maximum absolute atomic E-state index is 12.0. The molecule has 0 saturated carbocycles. The number of rotatable bonds is 6. The van der Waals surface area contributed by atoms with Crippen molar-refractivity contribution in [2.24, 2.45) is 0 Å². The van der Waals surface area contributed by atoms with Crippen LogP contribution in [0.25, 0.3) is 0 Å². The molecule has 0 atom stereocenters. The van der Waals surface area contributed by atoms with Gasteiger partial charge in [-0.3, -0.25) is 4.79 Å². The van der Waals surface area contributed by atoms with E-state index < -0.39 is 0 Å². The molecule has 1 aliphatic rings. The number of amides is 1. The number of nitrogens with one attached hydrogen (secondary N) is 2. The van der Waals surface area contributed by atoms with Crippen LogP contribution in [0.3, 0.4) is 0 Å². The average molecular weight is 358 g/mol. The van der Waals surface area contributed by atoms with E-state index in [0.29, 0.717) is 6.54 Å². The molecule has 1 heterocycles. The number of anilines is 2. The third-order valence-electron chi connectivity index (χ3n) is 4.40. The van der Waals surface area contributed by atoms with Gasteiger partial charge in [-0.1, -0.05) is 23.7 Å². The minimum Gasteiger partial charge on any atom is -0.372 e. The van der Waals surface area contributed by atoms with Gasteiger partial charge >= 0.3 is 0 Å². The summed E-state index contributed by atoms with van der Waals surface area (Å²) in [5.41, 5.74) is 3.17. The highest BCUT2D eigenvalue weighted by molar-refractivity contribution is 6.30. The Morgan fingerprint density at radius 2 is 1.64 bits per heavy atom. The molecule has 0 bridgehead atoms. The summed E-state index contributed by atoms with van der Waals surface area (Å²) in [4.78, 5) is 14.4. The van der Waals surface area contributed by atoms with E-state index >= 15 is 0 Å². The second kappa shape index (κ2) is 8.88. The van der Waals surface area contributed by atoms with E-state index in [1.807, 2.05) is 36.4 Å². The smallest absolute Gasteiger partial charge is 0.238 e. The van der Waals surface area contributed by atoms with Crippen molar-refractivity contribution in [3.05, 3.63) is 59.1 Å². The summed E-state index contributed by atoms with van der Waals surface area (Å²) in [5, 5.41) is 6.78. The van der Waals surface area contributed by atoms with E-state index in [-0.39, 0.29) is 12.5 Å². The summed E-state index contributed by atoms with van der Waals surface area (Å²) in [6.07, 6.45) is 3.85. The van der Waals surface area contributed by atoms with Crippen LogP contribution in [0.2, 0.25) is 5.02 Å². The lowest BCUT2D eigenvalue weighted by atomic mass is 10.1. The highest BCUT2D eigenvalue weighted by Crippen LogP contribution is 2.21. The molecule has 1 aliphatic heterocycles. The molecular weight excluding hydrogens is 334 g/mol.